The van der Waals surface area contributed by atoms with Crippen molar-refractivity contribution in [3.63, 3.8) is 0 Å². The number of ketones is 1. The van der Waals surface area contributed by atoms with E-state index < -0.39 is 23.0 Å². The van der Waals surface area contributed by atoms with Crippen molar-refractivity contribution in [2.24, 2.45) is 0 Å². The van der Waals surface area contributed by atoms with Crippen molar-refractivity contribution in [3.05, 3.63) is 35.4 Å². The fraction of sp³-hybridized carbons (Fsp3) is 0.562. The predicted octanol–water partition coefficient (Wildman–Crippen LogP) is 4.28. The summed E-state index contributed by atoms with van der Waals surface area (Å²) < 4.78 is 32.9. The van der Waals surface area contributed by atoms with Crippen molar-refractivity contribution in [2.45, 2.75) is 51.0 Å². The Balaban J connectivity index is 2.37. The lowest BCUT2D eigenvalue weighted by atomic mass is 9.85. The average Bonchev–Trinajstić information content (AvgIpc) is 2.68. The highest BCUT2D eigenvalue weighted by Crippen LogP contribution is 2.34. The molecule has 20 heavy (non-hydrogen) atoms. The van der Waals surface area contributed by atoms with Gasteiger partial charge in [0.1, 0.15) is 5.60 Å². The Morgan fingerprint density at radius 1 is 1.20 bits per heavy atom. The second-order valence-electron chi connectivity index (χ2n) is 5.27. The molecule has 0 amide bonds. The number of hydrogen-bond donors (Lipinski definition) is 0. The molecule has 0 unspecified atom stereocenters. The van der Waals surface area contributed by atoms with Crippen LogP contribution in [0.5, 0.6) is 0 Å². The molecule has 1 saturated carbocycles. The van der Waals surface area contributed by atoms with Crippen LogP contribution >= 0.6 is 0 Å². The van der Waals surface area contributed by atoms with Crippen LogP contribution in [0.15, 0.2) is 18.2 Å². The molecule has 1 aromatic rings. The van der Waals surface area contributed by atoms with Gasteiger partial charge in [-0.25, -0.2) is 8.78 Å². The molecule has 1 aliphatic carbocycles. The number of Topliss-reactive ketones (excluding diaryl/α,β-unsaturated/α-hetero) is 1. The third-order valence-electron chi connectivity index (χ3n) is 3.94. The third-order valence-corrected chi connectivity index (χ3v) is 3.94. The van der Waals surface area contributed by atoms with E-state index in [0.29, 0.717) is 19.4 Å². The summed E-state index contributed by atoms with van der Waals surface area (Å²) in [5, 5.41) is 0. The Labute approximate surface area is 118 Å². The number of hydrogen-bond acceptors (Lipinski definition) is 2. The molecule has 2 nitrogen and oxygen atoms in total. The van der Waals surface area contributed by atoms with E-state index in [0.717, 1.165) is 31.7 Å². The van der Waals surface area contributed by atoms with E-state index in [-0.39, 0.29) is 5.56 Å². The Kier molecular flexibility index (Phi) is 4.86. The molecular weight excluding hydrogens is 262 g/mol. The fourth-order valence-corrected chi connectivity index (χ4v) is 2.94. The Hall–Kier alpha value is -1.29. The third kappa shape index (κ3) is 2.90. The first-order valence-corrected chi connectivity index (χ1v) is 7.23. The average molecular weight is 282 g/mol. The van der Waals surface area contributed by atoms with Crippen LogP contribution in [0.2, 0.25) is 0 Å². The fourth-order valence-electron chi connectivity index (χ4n) is 2.94. The van der Waals surface area contributed by atoms with E-state index in [1.54, 1.807) is 0 Å². The van der Waals surface area contributed by atoms with Gasteiger partial charge in [0.25, 0.3) is 0 Å². The smallest absolute Gasteiger partial charge is 0.197 e. The largest absolute Gasteiger partial charge is 0.367 e. The van der Waals surface area contributed by atoms with E-state index in [4.69, 9.17) is 4.74 Å². The standard InChI is InChI=1S/C16H20F2O2/c1-2-20-16(10-5-3-4-6-11-16)15(19)12-8-7-9-13(17)14(12)18/h7-9H,2-6,10-11H2,1H3. The van der Waals surface area contributed by atoms with Gasteiger partial charge in [0.2, 0.25) is 0 Å². The Bertz CT molecular complexity index is 477. The summed E-state index contributed by atoms with van der Waals surface area (Å²) in [5.41, 5.74) is -1.18. The van der Waals surface area contributed by atoms with Gasteiger partial charge in [0, 0.05) is 6.61 Å². The second kappa shape index (κ2) is 6.44. The van der Waals surface area contributed by atoms with Crippen molar-refractivity contribution in [1.82, 2.24) is 0 Å². The van der Waals surface area contributed by atoms with Crippen molar-refractivity contribution < 1.29 is 18.3 Å². The predicted molar refractivity (Wildman–Crippen MR) is 72.7 cm³/mol. The minimum absolute atomic E-state index is 0.194. The van der Waals surface area contributed by atoms with Gasteiger partial charge in [0.05, 0.1) is 5.56 Å². The Morgan fingerprint density at radius 3 is 2.45 bits per heavy atom. The first-order chi connectivity index (χ1) is 9.60. The van der Waals surface area contributed by atoms with Gasteiger partial charge >= 0.3 is 0 Å². The molecule has 1 aliphatic rings. The number of carbonyl (C=O) groups is 1. The molecule has 0 radical (unpaired) electrons. The van der Waals surface area contributed by atoms with Gasteiger partial charge in [0.15, 0.2) is 17.4 Å². The zero-order valence-corrected chi connectivity index (χ0v) is 11.8. The number of rotatable bonds is 4. The SMILES string of the molecule is CCOC1(C(=O)c2cccc(F)c2F)CCCCCC1. The minimum Gasteiger partial charge on any atom is -0.367 e. The zero-order valence-electron chi connectivity index (χ0n) is 11.8. The summed E-state index contributed by atoms with van der Waals surface area (Å²) in [6.45, 7) is 2.21. The summed E-state index contributed by atoms with van der Waals surface area (Å²) in [4.78, 5) is 12.7. The molecule has 1 aromatic carbocycles. The van der Waals surface area contributed by atoms with Crippen molar-refractivity contribution in [2.75, 3.05) is 6.61 Å². The van der Waals surface area contributed by atoms with E-state index in [1.165, 1.54) is 12.1 Å². The molecule has 0 atom stereocenters. The lowest BCUT2D eigenvalue weighted by molar-refractivity contribution is -0.0295. The van der Waals surface area contributed by atoms with Gasteiger partial charge < -0.3 is 4.74 Å². The van der Waals surface area contributed by atoms with Crippen molar-refractivity contribution in [1.29, 1.82) is 0 Å². The summed E-state index contributed by atoms with van der Waals surface area (Å²) in [5.74, 6) is -2.48. The van der Waals surface area contributed by atoms with E-state index >= 15 is 0 Å². The number of benzene rings is 1. The number of halogens is 2. The maximum atomic E-state index is 13.9. The van der Waals surface area contributed by atoms with E-state index in [9.17, 15) is 13.6 Å². The van der Waals surface area contributed by atoms with Crippen LogP contribution in [-0.4, -0.2) is 18.0 Å². The topological polar surface area (TPSA) is 26.3 Å². The molecule has 4 heteroatoms. The lowest BCUT2D eigenvalue weighted by Crippen LogP contribution is -2.42. The zero-order chi connectivity index (χ0) is 14.6. The molecule has 0 N–H and O–H groups in total. The van der Waals surface area contributed by atoms with Crippen molar-refractivity contribution in [3.8, 4) is 0 Å². The molecule has 0 aliphatic heterocycles. The first kappa shape index (κ1) is 15.1. The van der Waals surface area contributed by atoms with Gasteiger partial charge in [-0.2, -0.15) is 0 Å². The lowest BCUT2D eigenvalue weighted by Gasteiger charge is -2.31. The number of ether oxygens (including phenoxy) is 1. The highest BCUT2D eigenvalue weighted by Gasteiger charge is 2.41. The second-order valence-corrected chi connectivity index (χ2v) is 5.27. The quantitative estimate of drug-likeness (QED) is 0.608. The van der Waals surface area contributed by atoms with Crippen LogP contribution in [0.25, 0.3) is 0 Å². The van der Waals surface area contributed by atoms with Crippen molar-refractivity contribution >= 4 is 5.78 Å². The molecule has 0 bridgehead atoms. The van der Waals surface area contributed by atoms with Crippen LogP contribution < -0.4 is 0 Å². The summed E-state index contributed by atoms with van der Waals surface area (Å²) in [7, 11) is 0. The van der Waals surface area contributed by atoms with Crippen LogP contribution in [0.1, 0.15) is 55.8 Å². The highest BCUT2D eigenvalue weighted by atomic mass is 19.2. The summed E-state index contributed by atoms with van der Waals surface area (Å²) in [6.07, 6.45) is 5.01. The van der Waals surface area contributed by atoms with Gasteiger partial charge in [-0.3, -0.25) is 4.79 Å². The molecule has 0 heterocycles. The summed E-state index contributed by atoms with van der Waals surface area (Å²) in [6, 6.07) is 3.72. The van der Waals surface area contributed by atoms with E-state index in [1.807, 2.05) is 6.92 Å². The molecule has 0 saturated heterocycles. The minimum atomic E-state index is -1.07. The normalized spacial score (nSPS) is 18.6. The number of carbonyl (C=O) groups excluding carboxylic acids is 1. The molecule has 0 spiro atoms. The Morgan fingerprint density at radius 2 is 1.85 bits per heavy atom. The van der Waals surface area contributed by atoms with Crippen LogP contribution in [0, 0.1) is 11.6 Å². The van der Waals surface area contributed by atoms with Crippen LogP contribution in [0.4, 0.5) is 8.78 Å². The molecule has 1 fully saturated rings. The highest BCUT2D eigenvalue weighted by molar-refractivity contribution is 6.02. The molecule has 110 valence electrons. The van der Waals surface area contributed by atoms with Crippen LogP contribution in [-0.2, 0) is 4.74 Å². The monoisotopic (exact) mass is 282 g/mol. The molecule has 2 rings (SSSR count). The van der Waals surface area contributed by atoms with Gasteiger partial charge in [-0.15, -0.1) is 0 Å². The molecule has 0 aromatic heterocycles. The summed E-state index contributed by atoms with van der Waals surface area (Å²) >= 11 is 0. The molecular formula is C16H20F2O2. The van der Waals surface area contributed by atoms with Gasteiger partial charge in [-0.05, 0) is 31.9 Å². The van der Waals surface area contributed by atoms with Gasteiger partial charge in [-0.1, -0.05) is 31.7 Å². The van der Waals surface area contributed by atoms with E-state index in [2.05, 4.69) is 0 Å². The van der Waals surface area contributed by atoms with Crippen LogP contribution in [0.3, 0.4) is 0 Å². The maximum absolute atomic E-state index is 13.9. The first-order valence-electron chi connectivity index (χ1n) is 7.23. The maximum Gasteiger partial charge on any atom is 0.197 e.